The quantitative estimate of drug-likeness (QED) is 0.310. The van der Waals surface area contributed by atoms with E-state index in [0.717, 1.165) is 38.5 Å². The van der Waals surface area contributed by atoms with Crippen LogP contribution in [0.5, 0.6) is 5.75 Å². The number of carboxylic acid groups (broad SMARTS) is 1. The summed E-state index contributed by atoms with van der Waals surface area (Å²) in [6.07, 6.45) is 3.67. The largest absolute Gasteiger partial charge is 0.497 e. The Labute approximate surface area is 200 Å². The van der Waals surface area contributed by atoms with Gasteiger partial charge in [0.15, 0.2) is 0 Å². The highest BCUT2D eigenvalue weighted by molar-refractivity contribution is 7.19. The Kier molecular flexibility index (Phi) is 5.93. The van der Waals surface area contributed by atoms with Gasteiger partial charge in [0.05, 0.1) is 35.1 Å². The SMILES string of the molecule is COc1ccc(-c2nn(-c3ccccc3)cc2/C=C(\CC(=O)O)c2nc3ccccc3s2)cc1. The average Bonchev–Trinajstić information content (AvgIpc) is 3.48. The maximum Gasteiger partial charge on any atom is 0.307 e. The molecule has 2 aromatic heterocycles. The molecule has 5 aromatic rings. The molecule has 2 heterocycles. The highest BCUT2D eigenvalue weighted by atomic mass is 32.1. The minimum atomic E-state index is -0.910. The molecule has 0 aliphatic carbocycles. The minimum absolute atomic E-state index is 0.140. The molecule has 0 spiro atoms. The third-order valence-electron chi connectivity index (χ3n) is 5.37. The molecule has 5 rings (SSSR count). The molecule has 1 N–H and O–H groups in total. The molecule has 0 aliphatic heterocycles. The predicted molar refractivity (Wildman–Crippen MR) is 135 cm³/mol. The van der Waals surface area contributed by atoms with Crippen molar-refractivity contribution in [3.8, 4) is 22.7 Å². The van der Waals surface area contributed by atoms with Crippen molar-refractivity contribution in [1.29, 1.82) is 0 Å². The first-order valence-electron chi connectivity index (χ1n) is 10.7. The van der Waals surface area contributed by atoms with Crippen LogP contribution in [0.15, 0.2) is 85.1 Å². The van der Waals surface area contributed by atoms with Crippen molar-refractivity contribution in [2.75, 3.05) is 7.11 Å². The summed E-state index contributed by atoms with van der Waals surface area (Å²) < 4.78 is 8.12. The van der Waals surface area contributed by atoms with E-state index in [1.165, 1.54) is 11.3 Å². The van der Waals surface area contributed by atoms with Gasteiger partial charge in [0.2, 0.25) is 0 Å². The number of aromatic nitrogens is 3. The Morgan fingerprint density at radius 3 is 2.47 bits per heavy atom. The molecule has 34 heavy (non-hydrogen) atoms. The molecule has 168 valence electrons. The van der Waals surface area contributed by atoms with Crippen LogP contribution in [0.3, 0.4) is 0 Å². The van der Waals surface area contributed by atoms with Gasteiger partial charge in [-0.25, -0.2) is 9.67 Å². The second-order valence-electron chi connectivity index (χ2n) is 7.67. The van der Waals surface area contributed by atoms with E-state index < -0.39 is 5.97 Å². The summed E-state index contributed by atoms with van der Waals surface area (Å²) in [7, 11) is 1.63. The zero-order valence-corrected chi connectivity index (χ0v) is 19.2. The van der Waals surface area contributed by atoms with Crippen molar-refractivity contribution >= 4 is 39.2 Å². The third kappa shape index (κ3) is 4.46. The molecule has 0 saturated heterocycles. The van der Waals surface area contributed by atoms with Crippen LogP contribution >= 0.6 is 11.3 Å². The zero-order chi connectivity index (χ0) is 23.5. The predicted octanol–water partition coefficient (Wildman–Crippen LogP) is 6.17. The van der Waals surface area contributed by atoms with Gasteiger partial charge in [0, 0.05) is 17.3 Å². The number of benzene rings is 3. The number of para-hydroxylation sites is 2. The molecule has 0 aliphatic rings. The van der Waals surface area contributed by atoms with Crippen LogP contribution in [0.1, 0.15) is 17.0 Å². The molecule has 0 fully saturated rings. The lowest BCUT2D eigenvalue weighted by Gasteiger charge is -2.04. The molecule has 7 heteroatoms. The fourth-order valence-corrected chi connectivity index (χ4v) is 4.71. The summed E-state index contributed by atoms with van der Waals surface area (Å²) in [6.45, 7) is 0. The van der Waals surface area contributed by atoms with Crippen LogP contribution in [0.25, 0.3) is 38.8 Å². The van der Waals surface area contributed by atoms with E-state index in [4.69, 9.17) is 14.8 Å². The molecule has 0 radical (unpaired) electrons. The van der Waals surface area contributed by atoms with E-state index >= 15 is 0 Å². The smallest absolute Gasteiger partial charge is 0.307 e. The molecule has 3 aromatic carbocycles. The molecule has 0 bridgehead atoms. The standard InChI is InChI=1S/C27H21N3O3S/c1-33-22-13-11-18(12-14-22)26-20(17-30(29-26)21-7-3-2-4-8-21)15-19(16-25(31)32)27-28-23-9-5-6-10-24(23)34-27/h2-15,17H,16H2,1H3,(H,31,32)/b19-15+. The summed E-state index contributed by atoms with van der Waals surface area (Å²) in [5.74, 6) is -0.156. The monoisotopic (exact) mass is 467 g/mol. The van der Waals surface area contributed by atoms with Crippen LogP contribution in [-0.2, 0) is 4.79 Å². The van der Waals surface area contributed by atoms with E-state index in [1.807, 2.05) is 95.8 Å². The normalized spacial score (nSPS) is 11.6. The fraction of sp³-hybridized carbons (Fsp3) is 0.0741. The van der Waals surface area contributed by atoms with Crippen LogP contribution in [0.4, 0.5) is 0 Å². The Morgan fingerprint density at radius 1 is 1.03 bits per heavy atom. The van der Waals surface area contributed by atoms with Crippen molar-refractivity contribution in [1.82, 2.24) is 14.8 Å². The molecular formula is C27H21N3O3S. The number of carboxylic acids is 1. The van der Waals surface area contributed by atoms with E-state index in [-0.39, 0.29) is 6.42 Å². The van der Waals surface area contributed by atoms with Gasteiger partial charge < -0.3 is 9.84 Å². The summed E-state index contributed by atoms with van der Waals surface area (Å²) in [5.41, 5.74) is 4.86. The van der Waals surface area contributed by atoms with Gasteiger partial charge in [0.25, 0.3) is 0 Å². The second-order valence-corrected chi connectivity index (χ2v) is 8.70. The number of hydrogen-bond acceptors (Lipinski definition) is 5. The molecular weight excluding hydrogens is 446 g/mol. The Balaban J connectivity index is 1.67. The minimum Gasteiger partial charge on any atom is -0.497 e. The van der Waals surface area contributed by atoms with Crippen molar-refractivity contribution in [3.63, 3.8) is 0 Å². The number of hydrogen-bond donors (Lipinski definition) is 1. The molecule has 6 nitrogen and oxygen atoms in total. The maximum atomic E-state index is 11.7. The van der Waals surface area contributed by atoms with Gasteiger partial charge >= 0.3 is 5.97 Å². The Morgan fingerprint density at radius 2 is 1.76 bits per heavy atom. The number of methoxy groups -OCH3 is 1. The van der Waals surface area contributed by atoms with Crippen molar-refractivity contribution in [2.24, 2.45) is 0 Å². The first-order valence-corrected chi connectivity index (χ1v) is 11.5. The average molecular weight is 468 g/mol. The highest BCUT2D eigenvalue weighted by Gasteiger charge is 2.17. The number of thiazole rings is 1. The van der Waals surface area contributed by atoms with Gasteiger partial charge in [-0.15, -0.1) is 11.3 Å². The van der Waals surface area contributed by atoms with Crippen molar-refractivity contribution in [3.05, 3.63) is 95.6 Å². The van der Waals surface area contributed by atoms with Crippen LogP contribution in [-0.4, -0.2) is 33.0 Å². The van der Waals surface area contributed by atoms with Gasteiger partial charge in [-0.1, -0.05) is 30.3 Å². The summed E-state index contributed by atoms with van der Waals surface area (Å²) in [4.78, 5) is 16.4. The first kappa shape index (κ1) is 21.6. The van der Waals surface area contributed by atoms with Crippen molar-refractivity contribution < 1.29 is 14.6 Å². The van der Waals surface area contributed by atoms with E-state index in [0.29, 0.717) is 10.6 Å². The number of nitrogens with zero attached hydrogens (tertiary/aromatic N) is 3. The fourth-order valence-electron chi connectivity index (χ4n) is 3.73. The van der Waals surface area contributed by atoms with E-state index in [2.05, 4.69) is 0 Å². The number of carbonyl (C=O) groups is 1. The summed E-state index contributed by atoms with van der Waals surface area (Å²) in [5, 5.41) is 15.2. The van der Waals surface area contributed by atoms with Gasteiger partial charge in [0.1, 0.15) is 10.8 Å². The van der Waals surface area contributed by atoms with Crippen LogP contribution in [0.2, 0.25) is 0 Å². The summed E-state index contributed by atoms with van der Waals surface area (Å²) >= 11 is 1.49. The molecule has 0 atom stereocenters. The van der Waals surface area contributed by atoms with Crippen LogP contribution in [0, 0.1) is 0 Å². The Bertz CT molecular complexity index is 1450. The van der Waals surface area contributed by atoms with Crippen molar-refractivity contribution in [2.45, 2.75) is 6.42 Å². The third-order valence-corrected chi connectivity index (χ3v) is 6.48. The van der Waals surface area contributed by atoms with E-state index in [1.54, 1.807) is 7.11 Å². The highest BCUT2D eigenvalue weighted by Crippen LogP contribution is 2.33. The molecule has 0 amide bonds. The van der Waals surface area contributed by atoms with Gasteiger partial charge in [-0.2, -0.15) is 5.10 Å². The lowest BCUT2D eigenvalue weighted by Crippen LogP contribution is -1.97. The topological polar surface area (TPSA) is 77.2 Å². The number of ether oxygens (including phenoxy) is 1. The second kappa shape index (κ2) is 9.33. The Hall–Kier alpha value is -4.23. The van der Waals surface area contributed by atoms with Gasteiger partial charge in [-0.3, -0.25) is 4.79 Å². The lowest BCUT2D eigenvalue weighted by molar-refractivity contribution is -0.135. The first-order chi connectivity index (χ1) is 16.6. The number of rotatable bonds is 7. The molecule has 0 saturated carbocycles. The van der Waals surface area contributed by atoms with Crippen LogP contribution < -0.4 is 4.74 Å². The van der Waals surface area contributed by atoms with E-state index in [9.17, 15) is 9.90 Å². The number of aliphatic carboxylic acids is 1. The summed E-state index contributed by atoms with van der Waals surface area (Å²) in [6, 6.07) is 25.3. The maximum absolute atomic E-state index is 11.7. The molecule has 0 unspecified atom stereocenters. The van der Waals surface area contributed by atoms with Gasteiger partial charge in [-0.05, 0) is 60.2 Å². The lowest BCUT2D eigenvalue weighted by atomic mass is 10.0. The zero-order valence-electron chi connectivity index (χ0n) is 18.4. The number of fused-ring (bicyclic) bond motifs is 1.